The van der Waals surface area contributed by atoms with E-state index in [9.17, 15) is 0 Å². The molecule has 0 fully saturated rings. The molecule has 1 unspecified atom stereocenters. The number of aryl methyl sites for hydroxylation is 1. The Bertz CT molecular complexity index is 324. The van der Waals surface area contributed by atoms with Gasteiger partial charge in [0.15, 0.2) is 0 Å². The predicted octanol–water partition coefficient (Wildman–Crippen LogP) is -0.0998. The van der Waals surface area contributed by atoms with Crippen molar-refractivity contribution in [2.75, 3.05) is 26.2 Å². The van der Waals surface area contributed by atoms with Gasteiger partial charge in [0.1, 0.15) is 0 Å². The van der Waals surface area contributed by atoms with Gasteiger partial charge < -0.3 is 10.8 Å². The molecule has 3 N–H and O–H groups in total. The molecule has 1 rings (SSSR count). The Morgan fingerprint density at radius 1 is 1.75 bits per heavy atom. The van der Waals surface area contributed by atoms with Crippen LogP contribution in [-0.2, 0) is 7.05 Å². The van der Waals surface area contributed by atoms with E-state index in [1.54, 1.807) is 10.9 Å². The minimum atomic E-state index is -0.0831. The molecule has 90 valence electrons. The Labute approximate surface area is 96.2 Å². The summed E-state index contributed by atoms with van der Waals surface area (Å²) in [6.07, 6.45) is 5.50. The molecule has 0 spiro atoms. The molecule has 0 radical (unpaired) electrons. The fourth-order valence-corrected chi connectivity index (χ4v) is 1.60. The molecule has 0 bridgehead atoms. The lowest BCUT2D eigenvalue weighted by atomic mass is 10.1. The first-order chi connectivity index (χ1) is 7.67. The molecule has 0 saturated heterocycles. The van der Waals surface area contributed by atoms with Crippen LogP contribution >= 0.6 is 0 Å². The number of hydrogen-bond acceptors (Lipinski definition) is 4. The minimum Gasteiger partial charge on any atom is -0.395 e. The second-order valence-corrected chi connectivity index (χ2v) is 3.83. The third-order valence-electron chi connectivity index (χ3n) is 2.41. The third-order valence-corrected chi connectivity index (χ3v) is 2.41. The topological polar surface area (TPSA) is 67.3 Å². The highest BCUT2D eigenvalue weighted by atomic mass is 16.3. The zero-order valence-corrected chi connectivity index (χ0v) is 9.71. The Morgan fingerprint density at radius 3 is 3.00 bits per heavy atom. The summed E-state index contributed by atoms with van der Waals surface area (Å²) in [4.78, 5) is 2.06. The lowest BCUT2D eigenvalue weighted by Crippen LogP contribution is -2.34. The van der Waals surface area contributed by atoms with Crippen LogP contribution in [0.15, 0.2) is 25.0 Å². The van der Waals surface area contributed by atoms with Crippen LogP contribution in [0.5, 0.6) is 0 Å². The van der Waals surface area contributed by atoms with E-state index in [0.29, 0.717) is 13.1 Å². The second-order valence-electron chi connectivity index (χ2n) is 3.83. The number of rotatable bonds is 7. The van der Waals surface area contributed by atoms with Crippen molar-refractivity contribution in [3.63, 3.8) is 0 Å². The van der Waals surface area contributed by atoms with Gasteiger partial charge in [-0.1, -0.05) is 6.08 Å². The number of hydrogen-bond donors (Lipinski definition) is 2. The SMILES string of the molecule is C=CCN(CCO)CC(N)c1cnn(C)c1. The first-order valence-electron chi connectivity index (χ1n) is 5.35. The van der Waals surface area contributed by atoms with Crippen molar-refractivity contribution >= 4 is 0 Å². The standard InChI is InChI=1S/C11H20N4O/c1-3-4-15(5-6-16)9-11(12)10-7-13-14(2)8-10/h3,7-8,11,16H,1,4-6,9,12H2,2H3. The van der Waals surface area contributed by atoms with Gasteiger partial charge in [-0.3, -0.25) is 9.58 Å². The quantitative estimate of drug-likeness (QED) is 0.635. The molecule has 1 aromatic heterocycles. The molecule has 1 atom stereocenters. The number of aliphatic hydroxyl groups excluding tert-OH is 1. The molecule has 0 aliphatic heterocycles. The van der Waals surface area contributed by atoms with E-state index in [1.165, 1.54) is 0 Å². The van der Waals surface area contributed by atoms with Gasteiger partial charge in [0, 0.05) is 44.5 Å². The predicted molar refractivity (Wildman–Crippen MR) is 63.9 cm³/mol. The van der Waals surface area contributed by atoms with Gasteiger partial charge in [-0.15, -0.1) is 6.58 Å². The van der Waals surface area contributed by atoms with E-state index in [2.05, 4.69) is 16.6 Å². The van der Waals surface area contributed by atoms with E-state index >= 15 is 0 Å². The molecular weight excluding hydrogens is 204 g/mol. The normalized spacial score (nSPS) is 13.0. The van der Waals surface area contributed by atoms with Crippen LogP contribution in [0.4, 0.5) is 0 Å². The van der Waals surface area contributed by atoms with Crippen molar-refractivity contribution in [2.45, 2.75) is 6.04 Å². The molecule has 0 aliphatic rings. The van der Waals surface area contributed by atoms with Gasteiger partial charge in [0.25, 0.3) is 0 Å². The summed E-state index contributed by atoms with van der Waals surface area (Å²) in [6, 6.07) is -0.0831. The zero-order valence-electron chi connectivity index (χ0n) is 9.71. The Kier molecular flexibility index (Phi) is 5.18. The van der Waals surface area contributed by atoms with E-state index in [0.717, 1.165) is 12.1 Å². The number of nitrogens with two attached hydrogens (primary N) is 1. The van der Waals surface area contributed by atoms with E-state index in [4.69, 9.17) is 10.8 Å². The lowest BCUT2D eigenvalue weighted by molar-refractivity contribution is 0.201. The largest absolute Gasteiger partial charge is 0.395 e. The second kappa shape index (κ2) is 6.42. The fraction of sp³-hybridized carbons (Fsp3) is 0.545. The number of aromatic nitrogens is 2. The molecular formula is C11H20N4O. The maximum atomic E-state index is 8.92. The van der Waals surface area contributed by atoms with Gasteiger partial charge in [0.2, 0.25) is 0 Å². The van der Waals surface area contributed by atoms with Gasteiger partial charge in [-0.05, 0) is 0 Å². The molecule has 1 heterocycles. The average Bonchev–Trinajstić information content (AvgIpc) is 2.65. The molecule has 0 saturated carbocycles. The Hall–Kier alpha value is -1.17. The van der Waals surface area contributed by atoms with Crippen LogP contribution in [0.3, 0.4) is 0 Å². The lowest BCUT2D eigenvalue weighted by Gasteiger charge is -2.22. The summed E-state index contributed by atoms with van der Waals surface area (Å²) >= 11 is 0. The van der Waals surface area contributed by atoms with Gasteiger partial charge in [-0.2, -0.15) is 5.10 Å². The van der Waals surface area contributed by atoms with Gasteiger partial charge >= 0.3 is 0 Å². The molecule has 1 aromatic rings. The highest BCUT2D eigenvalue weighted by molar-refractivity contribution is 5.10. The molecule has 5 nitrogen and oxygen atoms in total. The molecule has 0 amide bonds. The van der Waals surface area contributed by atoms with Crippen LogP contribution in [0.25, 0.3) is 0 Å². The number of aliphatic hydroxyl groups is 1. The van der Waals surface area contributed by atoms with E-state index in [1.807, 2.05) is 19.3 Å². The van der Waals surface area contributed by atoms with Crippen molar-refractivity contribution in [3.8, 4) is 0 Å². The van der Waals surface area contributed by atoms with Crippen LogP contribution in [0, 0.1) is 0 Å². The van der Waals surface area contributed by atoms with Crippen LogP contribution in [-0.4, -0.2) is 46.0 Å². The summed E-state index contributed by atoms with van der Waals surface area (Å²) in [5.74, 6) is 0. The summed E-state index contributed by atoms with van der Waals surface area (Å²) in [7, 11) is 1.87. The summed E-state index contributed by atoms with van der Waals surface area (Å²) in [6.45, 7) is 5.85. The monoisotopic (exact) mass is 224 g/mol. The van der Waals surface area contributed by atoms with E-state index in [-0.39, 0.29) is 12.6 Å². The molecule has 0 aliphatic carbocycles. The van der Waals surface area contributed by atoms with Crippen molar-refractivity contribution in [2.24, 2.45) is 12.8 Å². The van der Waals surface area contributed by atoms with Crippen molar-refractivity contribution < 1.29 is 5.11 Å². The summed E-state index contributed by atoms with van der Waals surface area (Å²) < 4.78 is 1.74. The van der Waals surface area contributed by atoms with Crippen LogP contribution < -0.4 is 5.73 Å². The molecule has 0 aromatic carbocycles. The average molecular weight is 224 g/mol. The summed E-state index contributed by atoms with van der Waals surface area (Å²) in [5, 5.41) is 13.0. The van der Waals surface area contributed by atoms with E-state index < -0.39 is 0 Å². The third kappa shape index (κ3) is 3.77. The fourth-order valence-electron chi connectivity index (χ4n) is 1.60. The van der Waals surface area contributed by atoms with Gasteiger partial charge in [0.05, 0.1) is 12.8 Å². The first-order valence-corrected chi connectivity index (χ1v) is 5.35. The van der Waals surface area contributed by atoms with Crippen LogP contribution in [0.1, 0.15) is 11.6 Å². The smallest absolute Gasteiger partial charge is 0.0558 e. The minimum absolute atomic E-state index is 0.0831. The maximum Gasteiger partial charge on any atom is 0.0558 e. The van der Waals surface area contributed by atoms with Crippen LogP contribution in [0.2, 0.25) is 0 Å². The zero-order chi connectivity index (χ0) is 12.0. The highest BCUT2D eigenvalue weighted by Gasteiger charge is 2.12. The molecule has 5 heteroatoms. The maximum absolute atomic E-state index is 8.92. The first kappa shape index (κ1) is 12.9. The Balaban J connectivity index is 2.53. The highest BCUT2D eigenvalue weighted by Crippen LogP contribution is 2.10. The number of nitrogens with zero attached hydrogens (tertiary/aromatic N) is 3. The van der Waals surface area contributed by atoms with Crippen molar-refractivity contribution in [3.05, 3.63) is 30.6 Å². The Morgan fingerprint density at radius 2 is 2.50 bits per heavy atom. The summed E-state index contributed by atoms with van der Waals surface area (Å²) in [5.41, 5.74) is 7.07. The molecule has 16 heavy (non-hydrogen) atoms. The van der Waals surface area contributed by atoms with Crippen molar-refractivity contribution in [1.82, 2.24) is 14.7 Å². The van der Waals surface area contributed by atoms with Gasteiger partial charge in [-0.25, -0.2) is 0 Å². The van der Waals surface area contributed by atoms with Crippen molar-refractivity contribution in [1.29, 1.82) is 0 Å².